The number of halogens is 1. The maximum Gasteiger partial charge on any atom is 0.227 e. The van der Waals surface area contributed by atoms with Crippen LogP contribution in [0.4, 0.5) is 5.69 Å². The molecular weight excluding hydrogens is 418 g/mol. The van der Waals surface area contributed by atoms with Crippen molar-refractivity contribution in [2.45, 2.75) is 51.4 Å². The maximum atomic E-state index is 12.3. The van der Waals surface area contributed by atoms with Crippen LogP contribution in [-0.4, -0.2) is 35.4 Å². The van der Waals surface area contributed by atoms with Gasteiger partial charge in [-0.2, -0.15) is 0 Å². The number of aromatic amines is 1. The van der Waals surface area contributed by atoms with Crippen LogP contribution in [0.1, 0.15) is 54.7 Å². The Kier molecular flexibility index (Phi) is 6.25. The first-order valence-electron chi connectivity index (χ1n) is 12.0. The zero-order valence-electron chi connectivity index (χ0n) is 18.8. The number of hydrogen-bond acceptors (Lipinski definition) is 2. The number of fused-ring (bicyclic) bond motifs is 1. The lowest BCUT2D eigenvalue weighted by Gasteiger charge is -2.32. The minimum Gasteiger partial charge on any atom is -0.360 e. The van der Waals surface area contributed by atoms with Crippen molar-refractivity contribution in [2.75, 3.05) is 25.0 Å². The van der Waals surface area contributed by atoms with Gasteiger partial charge in [-0.1, -0.05) is 36.2 Å². The fourth-order valence-corrected chi connectivity index (χ4v) is 5.39. The number of benzene rings is 2. The highest BCUT2D eigenvalue weighted by Crippen LogP contribution is 2.35. The summed E-state index contributed by atoms with van der Waals surface area (Å²) in [4.78, 5) is 18.3. The predicted molar refractivity (Wildman–Crippen MR) is 133 cm³/mol. The number of nitrogens with zero attached hydrogens (tertiary/aromatic N) is 1. The van der Waals surface area contributed by atoms with E-state index < -0.39 is 0 Å². The highest BCUT2D eigenvalue weighted by Gasteiger charge is 2.25. The van der Waals surface area contributed by atoms with Gasteiger partial charge in [0.15, 0.2) is 0 Å². The van der Waals surface area contributed by atoms with Crippen LogP contribution in [0.25, 0.3) is 10.9 Å². The molecule has 1 amide bonds. The normalized spacial score (nSPS) is 18.1. The number of aryl methyl sites for hydroxylation is 1. The van der Waals surface area contributed by atoms with Crippen LogP contribution < -0.4 is 5.32 Å². The van der Waals surface area contributed by atoms with E-state index in [-0.39, 0.29) is 11.8 Å². The third-order valence-corrected chi connectivity index (χ3v) is 7.83. The van der Waals surface area contributed by atoms with E-state index in [2.05, 4.69) is 46.5 Å². The van der Waals surface area contributed by atoms with Crippen molar-refractivity contribution in [1.82, 2.24) is 9.88 Å². The molecule has 0 radical (unpaired) electrons. The van der Waals surface area contributed by atoms with Gasteiger partial charge in [-0.05, 0) is 92.9 Å². The third-order valence-electron chi connectivity index (χ3n) is 7.51. The van der Waals surface area contributed by atoms with Gasteiger partial charge in [0, 0.05) is 29.7 Å². The average Bonchev–Trinajstić information content (AvgIpc) is 3.19. The highest BCUT2D eigenvalue weighted by atomic mass is 35.5. The van der Waals surface area contributed by atoms with Crippen molar-refractivity contribution in [1.29, 1.82) is 0 Å². The molecule has 4 nitrogen and oxygen atoms in total. The molecule has 2 N–H and O–H groups in total. The Morgan fingerprint density at radius 2 is 1.97 bits per heavy atom. The Morgan fingerprint density at radius 3 is 2.72 bits per heavy atom. The predicted octanol–water partition coefficient (Wildman–Crippen LogP) is 6.29. The van der Waals surface area contributed by atoms with Crippen molar-refractivity contribution in [3.8, 4) is 0 Å². The topological polar surface area (TPSA) is 48.1 Å². The molecule has 32 heavy (non-hydrogen) atoms. The van der Waals surface area contributed by atoms with Crippen LogP contribution in [0, 0.1) is 12.8 Å². The third kappa shape index (κ3) is 4.44. The molecule has 1 aliphatic heterocycles. The molecule has 0 bridgehead atoms. The summed E-state index contributed by atoms with van der Waals surface area (Å²) in [6.07, 6.45) is 8.78. The quantitative estimate of drug-likeness (QED) is 0.464. The van der Waals surface area contributed by atoms with Crippen LogP contribution in [0.2, 0.25) is 5.02 Å². The number of aromatic nitrogens is 1. The Balaban J connectivity index is 1.16. The second-order valence-corrected chi connectivity index (χ2v) is 9.94. The molecule has 2 fully saturated rings. The van der Waals surface area contributed by atoms with Crippen molar-refractivity contribution in [2.24, 2.45) is 5.92 Å². The summed E-state index contributed by atoms with van der Waals surface area (Å²) in [5.74, 6) is 0.992. The zero-order valence-corrected chi connectivity index (χ0v) is 19.5. The molecule has 2 aromatic carbocycles. The van der Waals surface area contributed by atoms with Gasteiger partial charge < -0.3 is 15.2 Å². The molecule has 1 saturated heterocycles. The van der Waals surface area contributed by atoms with Gasteiger partial charge in [0.05, 0.1) is 10.5 Å². The number of carbonyl (C=O) groups is 1. The van der Waals surface area contributed by atoms with E-state index in [0.717, 1.165) is 55.1 Å². The smallest absolute Gasteiger partial charge is 0.227 e. The Hall–Kier alpha value is -2.30. The van der Waals surface area contributed by atoms with Crippen molar-refractivity contribution in [3.63, 3.8) is 0 Å². The number of carbonyl (C=O) groups excluding carboxylic acids is 1. The first-order valence-corrected chi connectivity index (χ1v) is 12.3. The molecular formula is C27H32ClN3O. The number of anilines is 1. The summed E-state index contributed by atoms with van der Waals surface area (Å²) < 4.78 is 0. The summed E-state index contributed by atoms with van der Waals surface area (Å²) in [5, 5.41) is 5.19. The van der Waals surface area contributed by atoms with Crippen LogP contribution in [0.15, 0.2) is 42.6 Å². The van der Waals surface area contributed by atoms with Gasteiger partial charge in [-0.3, -0.25) is 4.79 Å². The molecule has 0 unspecified atom stereocenters. The highest BCUT2D eigenvalue weighted by molar-refractivity contribution is 6.35. The first kappa shape index (κ1) is 21.5. The van der Waals surface area contributed by atoms with Gasteiger partial charge >= 0.3 is 0 Å². The molecule has 168 valence electrons. The fraction of sp³-hybridized carbons (Fsp3) is 0.444. The Morgan fingerprint density at radius 1 is 1.16 bits per heavy atom. The molecule has 5 heteroatoms. The summed E-state index contributed by atoms with van der Waals surface area (Å²) in [6.45, 7) is 5.47. The second kappa shape index (κ2) is 9.29. The molecule has 0 atom stereocenters. The Labute approximate surface area is 195 Å². The van der Waals surface area contributed by atoms with Crippen LogP contribution in [0.3, 0.4) is 0 Å². The number of likely N-dealkylation sites (tertiary alicyclic amines) is 1. The second-order valence-electron chi connectivity index (χ2n) is 9.53. The summed E-state index contributed by atoms with van der Waals surface area (Å²) >= 11 is 6.35. The summed E-state index contributed by atoms with van der Waals surface area (Å²) in [6, 6.07) is 12.5. The average molecular weight is 450 g/mol. The molecule has 2 aliphatic rings. The Bertz CT molecular complexity index is 1110. The number of rotatable bonds is 6. The zero-order chi connectivity index (χ0) is 22.1. The summed E-state index contributed by atoms with van der Waals surface area (Å²) in [7, 11) is 0. The standard InChI is InChI=1S/C27H32ClN3O/c1-18-8-9-22(30-27(32)20-4-2-5-20)16-21(18)12-15-31-13-10-19(11-14-31)24-17-29-26-23(24)6-3-7-25(26)28/h3,6-9,16-17,19-20,29H,2,4-5,10-15H2,1H3,(H,30,32). The fourth-order valence-electron chi connectivity index (χ4n) is 5.16. The minimum atomic E-state index is 0.187. The molecule has 3 aromatic rings. The van der Waals surface area contributed by atoms with Gasteiger partial charge in [-0.25, -0.2) is 0 Å². The lowest BCUT2D eigenvalue weighted by atomic mass is 9.85. The van der Waals surface area contributed by atoms with E-state index in [1.54, 1.807) is 0 Å². The number of hydrogen-bond donors (Lipinski definition) is 2. The van der Waals surface area contributed by atoms with Gasteiger partial charge in [-0.15, -0.1) is 0 Å². The van der Waals surface area contributed by atoms with Crippen LogP contribution >= 0.6 is 11.6 Å². The molecule has 1 saturated carbocycles. The largest absolute Gasteiger partial charge is 0.360 e. The lowest BCUT2D eigenvalue weighted by Crippen LogP contribution is -2.34. The molecule has 1 aromatic heterocycles. The van der Waals surface area contributed by atoms with E-state index in [9.17, 15) is 4.79 Å². The molecule has 5 rings (SSSR count). The number of H-pyrrole nitrogens is 1. The van der Waals surface area contributed by atoms with E-state index in [1.807, 2.05) is 18.2 Å². The van der Waals surface area contributed by atoms with E-state index in [0.29, 0.717) is 5.92 Å². The van der Waals surface area contributed by atoms with Crippen molar-refractivity contribution < 1.29 is 4.79 Å². The maximum absolute atomic E-state index is 12.3. The van der Waals surface area contributed by atoms with Gasteiger partial charge in [0.25, 0.3) is 0 Å². The van der Waals surface area contributed by atoms with Crippen LogP contribution in [0.5, 0.6) is 0 Å². The van der Waals surface area contributed by atoms with Crippen LogP contribution in [-0.2, 0) is 11.2 Å². The van der Waals surface area contributed by atoms with Crippen molar-refractivity contribution >= 4 is 34.1 Å². The number of para-hydroxylation sites is 1. The summed E-state index contributed by atoms with van der Waals surface area (Å²) in [5.41, 5.74) is 6.06. The van der Waals surface area contributed by atoms with Gasteiger partial charge in [0.1, 0.15) is 0 Å². The molecule has 2 heterocycles. The van der Waals surface area contributed by atoms with E-state index >= 15 is 0 Å². The number of piperidine rings is 1. The SMILES string of the molecule is Cc1ccc(NC(=O)C2CCC2)cc1CCN1CCC(c2c[nH]c3c(Cl)cccc23)CC1. The number of amides is 1. The monoisotopic (exact) mass is 449 g/mol. The van der Waals surface area contributed by atoms with E-state index in [4.69, 9.17) is 11.6 Å². The number of nitrogens with one attached hydrogen (secondary N) is 2. The van der Waals surface area contributed by atoms with E-state index in [1.165, 1.54) is 41.3 Å². The first-order chi connectivity index (χ1) is 15.6. The minimum absolute atomic E-state index is 0.187. The molecule has 0 spiro atoms. The van der Waals surface area contributed by atoms with Crippen molar-refractivity contribution in [3.05, 3.63) is 64.3 Å². The lowest BCUT2D eigenvalue weighted by molar-refractivity contribution is -0.122. The molecule has 1 aliphatic carbocycles. The van der Waals surface area contributed by atoms with Gasteiger partial charge in [0.2, 0.25) is 5.91 Å².